The van der Waals surface area contributed by atoms with Gasteiger partial charge in [-0.2, -0.15) is 5.10 Å². The second-order valence-corrected chi connectivity index (χ2v) is 6.40. The van der Waals surface area contributed by atoms with Crippen molar-refractivity contribution in [2.24, 2.45) is 11.0 Å². The highest BCUT2D eigenvalue weighted by molar-refractivity contribution is 7.17. The topological polar surface area (TPSA) is 75.6 Å². The van der Waals surface area contributed by atoms with Crippen LogP contribution in [0.3, 0.4) is 0 Å². The maximum absolute atomic E-state index is 11.5. The lowest BCUT2D eigenvalue weighted by atomic mass is 10.3. The summed E-state index contributed by atoms with van der Waals surface area (Å²) >= 11 is 7.44. The van der Waals surface area contributed by atoms with Crippen LogP contribution in [0.2, 0.25) is 5.15 Å². The zero-order valence-corrected chi connectivity index (χ0v) is 13.9. The van der Waals surface area contributed by atoms with E-state index in [9.17, 15) is 4.79 Å². The molecule has 1 heterocycles. The van der Waals surface area contributed by atoms with E-state index in [1.807, 2.05) is 24.3 Å². The summed E-state index contributed by atoms with van der Waals surface area (Å²) in [5, 5.41) is 8.04. The number of para-hydroxylation sites is 2. The van der Waals surface area contributed by atoms with Gasteiger partial charge in [0.1, 0.15) is 5.75 Å². The molecule has 0 spiro atoms. The first-order valence-electron chi connectivity index (χ1n) is 7.06. The zero-order chi connectivity index (χ0) is 16.2. The third kappa shape index (κ3) is 4.00. The number of benzene rings is 1. The van der Waals surface area contributed by atoms with Crippen molar-refractivity contribution in [2.75, 3.05) is 12.4 Å². The molecule has 1 saturated carbocycles. The fourth-order valence-electron chi connectivity index (χ4n) is 1.90. The van der Waals surface area contributed by atoms with Gasteiger partial charge in [0.15, 0.2) is 10.3 Å². The van der Waals surface area contributed by atoms with Gasteiger partial charge < -0.3 is 10.1 Å². The molecule has 1 aromatic heterocycles. The molecule has 3 rings (SSSR count). The molecule has 6 nitrogen and oxygen atoms in total. The Morgan fingerprint density at radius 1 is 1.48 bits per heavy atom. The number of aromatic nitrogens is 1. The predicted molar refractivity (Wildman–Crippen MR) is 91.9 cm³/mol. The summed E-state index contributed by atoms with van der Waals surface area (Å²) in [6.45, 7) is 0. The van der Waals surface area contributed by atoms with Crippen molar-refractivity contribution in [1.29, 1.82) is 0 Å². The van der Waals surface area contributed by atoms with E-state index in [1.54, 1.807) is 7.11 Å². The molecule has 1 aliphatic rings. The number of anilines is 2. The number of nitrogens with zero attached hydrogens (tertiary/aromatic N) is 2. The first-order valence-corrected chi connectivity index (χ1v) is 8.26. The summed E-state index contributed by atoms with van der Waals surface area (Å²) in [6, 6.07) is 7.53. The van der Waals surface area contributed by atoms with E-state index in [2.05, 4.69) is 20.8 Å². The Balaban J connectivity index is 1.67. The Kier molecular flexibility index (Phi) is 4.78. The molecule has 120 valence electrons. The van der Waals surface area contributed by atoms with E-state index in [-0.39, 0.29) is 11.8 Å². The molecule has 0 bridgehead atoms. The molecule has 2 N–H and O–H groups in total. The second-order valence-electron chi connectivity index (χ2n) is 5.01. The smallest absolute Gasteiger partial charge is 0.243 e. The number of nitrogens with one attached hydrogen (secondary N) is 2. The molecule has 8 heteroatoms. The molecule has 0 atom stereocenters. The van der Waals surface area contributed by atoms with E-state index >= 15 is 0 Å². The number of halogens is 1. The highest BCUT2D eigenvalue weighted by Gasteiger charge is 2.29. The van der Waals surface area contributed by atoms with Crippen molar-refractivity contribution in [3.63, 3.8) is 0 Å². The van der Waals surface area contributed by atoms with Crippen LogP contribution in [0.5, 0.6) is 5.75 Å². The minimum absolute atomic E-state index is 0.0470. The fraction of sp³-hybridized carbons (Fsp3) is 0.267. The minimum Gasteiger partial charge on any atom is -0.495 e. The molecular weight excluding hydrogens is 336 g/mol. The normalized spacial score (nSPS) is 14.0. The molecule has 23 heavy (non-hydrogen) atoms. The van der Waals surface area contributed by atoms with Gasteiger partial charge in [0.25, 0.3) is 0 Å². The second kappa shape index (κ2) is 6.97. The van der Waals surface area contributed by atoms with Crippen molar-refractivity contribution in [3.05, 3.63) is 34.3 Å². The van der Waals surface area contributed by atoms with E-state index in [1.165, 1.54) is 17.6 Å². The zero-order valence-electron chi connectivity index (χ0n) is 12.4. The number of ether oxygens (including phenoxy) is 1. The van der Waals surface area contributed by atoms with Crippen LogP contribution in [0.1, 0.15) is 17.7 Å². The number of hydrazone groups is 1. The molecule has 1 fully saturated rings. The molecule has 1 aromatic carbocycles. The highest BCUT2D eigenvalue weighted by atomic mass is 35.5. The first kappa shape index (κ1) is 15.8. The molecule has 0 saturated heterocycles. The van der Waals surface area contributed by atoms with Gasteiger partial charge in [0.05, 0.1) is 23.9 Å². The monoisotopic (exact) mass is 350 g/mol. The predicted octanol–water partition coefficient (Wildman–Crippen LogP) is 3.41. The third-order valence-electron chi connectivity index (χ3n) is 3.26. The average Bonchev–Trinajstić information content (AvgIpc) is 3.34. The van der Waals surface area contributed by atoms with Crippen LogP contribution in [0.25, 0.3) is 0 Å². The Morgan fingerprint density at radius 2 is 2.26 bits per heavy atom. The number of carbonyl (C=O) groups excluding carboxylic acids is 1. The van der Waals surface area contributed by atoms with E-state index in [0.717, 1.165) is 18.5 Å². The lowest BCUT2D eigenvalue weighted by Gasteiger charge is -2.07. The minimum atomic E-state index is -0.0470. The summed E-state index contributed by atoms with van der Waals surface area (Å²) in [6.07, 6.45) is 3.39. The number of rotatable bonds is 6. The summed E-state index contributed by atoms with van der Waals surface area (Å²) in [5.41, 5.74) is 3.31. The van der Waals surface area contributed by atoms with Crippen LogP contribution in [-0.2, 0) is 4.79 Å². The molecular formula is C15H15ClN4O2S. The van der Waals surface area contributed by atoms with Crippen LogP contribution >= 0.6 is 22.9 Å². The van der Waals surface area contributed by atoms with Gasteiger partial charge in [0.2, 0.25) is 5.91 Å². The van der Waals surface area contributed by atoms with E-state index < -0.39 is 0 Å². The van der Waals surface area contributed by atoms with Crippen molar-refractivity contribution in [2.45, 2.75) is 12.8 Å². The summed E-state index contributed by atoms with van der Waals surface area (Å²) in [7, 11) is 1.61. The molecule has 0 radical (unpaired) electrons. The third-order valence-corrected chi connectivity index (χ3v) is 4.57. The Labute approximate surface area is 142 Å². The maximum Gasteiger partial charge on any atom is 0.243 e. The maximum atomic E-state index is 11.5. The van der Waals surface area contributed by atoms with Gasteiger partial charge >= 0.3 is 0 Å². The summed E-state index contributed by atoms with van der Waals surface area (Å²) in [4.78, 5) is 16.4. The number of amides is 1. The van der Waals surface area contributed by atoms with Gasteiger partial charge in [-0.05, 0) is 25.0 Å². The SMILES string of the molecule is COc1ccccc1Nc1nc(Cl)c(/C=N/NC(=O)C2CC2)s1. The van der Waals surface area contributed by atoms with Crippen LogP contribution in [-0.4, -0.2) is 24.2 Å². The van der Waals surface area contributed by atoms with E-state index in [0.29, 0.717) is 20.9 Å². The van der Waals surface area contributed by atoms with Gasteiger partial charge in [-0.1, -0.05) is 35.1 Å². The Hall–Kier alpha value is -2.12. The number of hydrogen-bond acceptors (Lipinski definition) is 6. The van der Waals surface area contributed by atoms with E-state index in [4.69, 9.17) is 16.3 Å². The van der Waals surface area contributed by atoms with Crippen molar-refractivity contribution in [3.8, 4) is 5.75 Å². The average molecular weight is 351 g/mol. The van der Waals surface area contributed by atoms with Crippen molar-refractivity contribution >= 4 is 45.9 Å². The molecule has 0 aliphatic heterocycles. The summed E-state index contributed by atoms with van der Waals surface area (Å²) < 4.78 is 5.28. The van der Waals surface area contributed by atoms with Gasteiger partial charge in [-0.3, -0.25) is 4.79 Å². The highest BCUT2D eigenvalue weighted by Crippen LogP contribution is 2.32. The Morgan fingerprint density at radius 3 is 3.00 bits per heavy atom. The lowest BCUT2D eigenvalue weighted by Crippen LogP contribution is -2.18. The number of thiazole rings is 1. The van der Waals surface area contributed by atoms with Gasteiger partial charge in [-0.15, -0.1) is 0 Å². The first-order chi connectivity index (χ1) is 11.2. The largest absolute Gasteiger partial charge is 0.495 e. The van der Waals surface area contributed by atoms with Crippen molar-refractivity contribution < 1.29 is 9.53 Å². The van der Waals surface area contributed by atoms with Gasteiger partial charge in [0, 0.05) is 5.92 Å². The van der Waals surface area contributed by atoms with Crippen LogP contribution in [0.4, 0.5) is 10.8 Å². The number of methoxy groups -OCH3 is 1. The number of carbonyl (C=O) groups is 1. The lowest BCUT2D eigenvalue weighted by molar-refractivity contribution is -0.122. The molecule has 1 aliphatic carbocycles. The van der Waals surface area contributed by atoms with Crippen LogP contribution in [0, 0.1) is 5.92 Å². The fourth-order valence-corrected chi connectivity index (χ4v) is 2.94. The summed E-state index contributed by atoms with van der Waals surface area (Å²) in [5.74, 6) is 0.784. The number of hydrogen-bond donors (Lipinski definition) is 2. The molecule has 0 unspecified atom stereocenters. The quantitative estimate of drug-likeness (QED) is 0.618. The standard InChI is InChI=1S/C15H15ClN4O2S/c1-22-11-5-3-2-4-10(11)18-15-19-13(16)12(23-15)8-17-20-14(21)9-6-7-9/h2-5,8-9H,6-7H2,1H3,(H,18,19)(H,20,21)/b17-8+. The van der Waals surface area contributed by atoms with Crippen molar-refractivity contribution in [1.82, 2.24) is 10.4 Å². The Bertz CT molecular complexity index is 743. The molecule has 2 aromatic rings. The molecule has 1 amide bonds. The van der Waals surface area contributed by atoms with Crippen LogP contribution < -0.4 is 15.5 Å². The van der Waals surface area contributed by atoms with Gasteiger partial charge in [-0.25, -0.2) is 10.4 Å². The van der Waals surface area contributed by atoms with Crippen LogP contribution in [0.15, 0.2) is 29.4 Å².